The number of ketones is 1. The Labute approximate surface area is 211 Å². The van der Waals surface area contributed by atoms with Crippen LogP contribution in [0.4, 0.5) is 10.5 Å². The lowest BCUT2D eigenvalue weighted by Gasteiger charge is -2.31. The van der Waals surface area contributed by atoms with Gasteiger partial charge in [-0.2, -0.15) is 0 Å². The Bertz CT molecular complexity index is 1170. The summed E-state index contributed by atoms with van der Waals surface area (Å²) in [6.07, 6.45) is 1.72. The van der Waals surface area contributed by atoms with Gasteiger partial charge in [0.05, 0.1) is 12.2 Å². The number of likely N-dealkylation sites (tertiary alicyclic amines) is 1. The molecule has 3 aromatic rings. The van der Waals surface area contributed by atoms with Crippen LogP contribution in [0.1, 0.15) is 33.6 Å². The molecule has 1 saturated heterocycles. The van der Waals surface area contributed by atoms with Gasteiger partial charge in [-0.25, -0.2) is 4.79 Å². The fourth-order valence-corrected chi connectivity index (χ4v) is 4.33. The van der Waals surface area contributed by atoms with E-state index in [1.807, 2.05) is 54.6 Å². The molecule has 7 nitrogen and oxygen atoms in total. The molecule has 0 bridgehead atoms. The number of rotatable bonds is 10. The molecular formula is C29H31N3O4. The van der Waals surface area contributed by atoms with Crippen LogP contribution in [0.25, 0.3) is 11.1 Å². The number of nitrogens with zero attached hydrogens (tertiary/aromatic N) is 1. The highest BCUT2D eigenvalue weighted by molar-refractivity contribution is 5.98. The fourth-order valence-electron chi connectivity index (χ4n) is 4.33. The number of para-hydroxylation sites is 1. The topological polar surface area (TPSA) is 87.7 Å². The molecule has 3 aromatic carbocycles. The van der Waals surface area contributed by atoms with Crippen molar-refractivity contribution in [3.63, 3.8) is 0 Å². The largest absolute Gasteiger partial charge is 0.446 e. The van der Waals surface area contributed by atoms with Crippen LogP contribution in [0.5, 0.6) is 0 Å². The number of hydrogen-bond acceptors (Lipinski definition) is 6. The fraction of sp³-hybridized carbons (Fsp3) is 0.276. The standard InChI is InChI=1S/C29H31N3O4/c33-21-22-7-6-10-24(19-22)28(34)20-30-15-18-32-16-13-25(14-17-32)36-29(35)31-27-12-5-4-11-26(27)23-8-2-1-3-9-23/h1-12,19,21,25,30H,13-18,20H2,(H,31,35). The highest BCUT2D eigenvalue weighted by atomic mass is 16.6. The molecule has 0 saturated carbocycles. The van der Waals surface area contributed by atoms with Gasteiger partial charge in [-0.15, -0.1) is 0 Å². The number of carbonyl (C=O) groups is 3. The lowest BCUT2D eigenvalue weighted by molar-refractivity contribution is 0.0593. The summed E-state index contributed by atoms with van der Waals surface area (Å²) in [4.78, 5) is 38.0. The number of nitrogens with one attached hydrogen (secondary N) is 2. The van der Waals surface area contributed by atoms with Crippen molar-refractivity contribution < 1.29 is 19.1 Å². The molecule has 1 aliphatic rings. The molecule has 0 aliphatic carbocycles. The summed E-state index contributed by atoms with van der Waals surface area (Å²) in [5.41, 5.74) is 3.75. The maximum Gasteiger partial charge on any atom is 0.411 e. The summed E-state index contributed by atoms with van der Waals surface area (Å²) >= 11 is 0. The first-order valence-electron chi connectivity index (χ1n) is 12.3. The number of aldehydes is 1. The molecule has 4 rings (SSSR count). The minimum atomic E-state index is -0.435. The van der Waals surface area contributed by atoms with E-state index in [1.165, 1.54) is 0 Å². The van der Waals surface area contributed by atoms with Crippen LogP contribution in [0.3, 0.4) is 0 Å². The number of anilines is 1. The Morgan fingerprint density at radius 2 is 1.69 bits per heavy atom. The van der Waals surface area contributed by atoms with E-state index in [-0.39, 0.29) is 18.4 Å². The highest BCUT2D eigenvalue weighted by Gasteiger charge is 2.22. The second kappa shape index (κ2) is 12.8. The molecule has 186 valence electrons. The van der Waals surface area contributed by atoms with Gasteiger partial charge >= 0.3 is 6.09 Å². The minimum absolute atomic E-state index is 0.0364. The van der Waals surface area contributed by atoms with Crippen molar-refractivity contribution in [1.82, 2.24) is 10.2 Å². The van der Waals surface area contributed by atoms with E-state index in [9.17, 15) is 14.4 Å². The molecule has 0 unspecified atom stereocenters. The van der Waals surface area contributed by atoms with Crippen molar-refractivity contribution in [3.05, 3.63) is 90.0 Å². The molecule has 0 radical (unpaired) electrons. The minimum Gasteiger partial charge on any atom is -0.446 e. The third-order valence-electron chi connectivity index (χ3n) is 6.29. The molecule has 1 aliphatic heterocycles. The zero-order valence-corrected chi connectivity index (χ0v) is 20.2. The van der Waals surface area contributed by atoms with Gasteiger partial charge in [0.1, 0.15) is 12.4 Å². The molecule has 36 heavy (non-hydrogen) atoms. The van der Waals surface area contributed by atoms with Gasteiger partial charge in [-0.05, 0) is 30.5 Å². The number of benzene rings is 3. The number of amides is 1. The Kier molecular flexibility index (Phi) is 8.97. The summed E-state index contributed by atoms with van der Waals surface area (Å²) in [5.74, 6) is -0.0364. The van der Waals surface area contributed by atoms with Gasteiger partial charge in [0, 0.05) is 42.9 Å². The van der Waals surface area contributed by atoms with Crippen LogP contribution in [0.15, 0.2) is 78.9 Å². The quantitative estimate of drug-likeness (QED) is 0.247. The van der Waals surface area contributed by atoms with Crippen molar-refractivity contribution in [1.29, 1.82) is 0 Å². The lowest BCUT2D eigenvalue weighted by atomic mass is 10.0. The average molecular weight is 486 g/mol. The predicted molar refractivity (Wildman–Crippen MR) is 140 cm³/mol. The van der Waals surface area contributed by atoms with Crippen molar-refractivity contribution in [2.75, 3.05) is 38.0 Å². The lowest BCUT2D eigenvalue weighted by Crippen LogP contribution is -2.42. The SMILES string of the molecule is O=Cc1cccc(C(=O)CNCCN2CCC(OC(=O)Nc3ccccc3-c3ccccc3)CC2)c1. The average Bonchev–Trinajstić information content (AvgIpc) is 2.92. The third-order valence-corrected chi connectivity index (χ3v) is 6.29. The number of ether oxygens (including phenoxy) is 1. The maximum absolute atomic E-state index is 12.6. The first-order chi connectivity index (χ1) is 17.6. The number of Topliss-reactive ketones (excluding diaryl/α,β-unsaturated/α-hetero) is 1. The van der Waals surface area contributed by atoms with E-state index < -0.39 is 6.09 Å². The van der Waals surface area contributed by atoms with E-state index >= 15 is 0 Å². The summed E-state index contributed by atoms with van der Waals surface area (Å²) in [6.45, 7) is 3.38. The number of carbonyl (C=O) groups excluding carboxylic acids is 3. The summed E-state index contributed by atoms with van der Waals surface area (Å²) < 4.78 is 5.70. The molecular weight excluding hydrogens is 454 g/mol. The first kappa shape index (κ1) is 25.3. The van der Waals surface area contributed by atoms with Gasteiger partial charge in [0.2, 0.25) is 0 Å². The van der Waals surface area contributed by atoms with Crippen LogP contribution in [-0.4, -0.2) is 61.9 Å². The first-order valence-corrected chi connectivity index (χ1v) is 12.3. The smallest absolute Gasteiger partial charge is 0.411 e. The van der Waals surface area contributed by atoms with Crippen LogP contribution in [0, 0.1) is 0 Å². The monoisotopic (exact) mass is 485 g/mol. The van der Waals surface area contributed by atoms with E-state index in [1.54, 1.807) is 24.3 Å². The predicted octanol–water partition coefficient (Wildman–Crippen LogP) is 4.65. The van der Waals surface area contributed by atoms with E-state index in [0.717, 1.165) is 55.6 Å². The normalized spacial score (nSPS) is 14.2. The van der Waals surface area contributed by atoms with Crippen LogP contribution >= 0.6 is 0 Å². The Balaban J connectivity index is 1.16. The van der Waals surface area contributed by atoms with Crippen LogP contribution < -0.4 is 10.6 Å². The molecule has 1 heterocycles. The molecule has 1 amide bonds. The Morgan fingerprint density at radius 3 is 2.47 bits per heavy atom. The van der Waals surface area contributed by atoms with Crippen molar-refractivity contribution >= 4 is 23.9 Å². The van der Waals surface area contributed by atoms with Gasteiger partial charge in [-0.1, -0.05) is 66.7 Å². The molecule has 1 fully saturated rings. The van der Waals surface area contributed by atoms with Crippen LogP contribution in [-0.2, 0) is 4.74 Å². The van der Waals surface area contributed by atoms with Gasteiger partial charge in [0.15, 0.2) is 5.78 Å². The van der Waals surface area contributed by atoms with Crippen molar-refractivity contribution in [2.24, 2.45) is 0 Å². The molecule has 7 heteroatoms. The zero-order valence-electron chi connectivity index (χ0n) is 20.2. The number of piperidine rings is 1. The molecule has 0 aromatic heterocycles. The molecule has 0 spiro atoms. The summed E-state index contributed by atoms with van der Waals surface area (Å²) in [6, 6.07) is 24.4. The van der Waals surface area contributed by atoms with Gasteiger partial charge in [0.25, 0.3) is 0 Å². The highest BCUT2D eigenvalue weighted by Crippen LogP contribution is 2.28. The molecule has 0 atom stereocenters. The Hall–Kier alpha value is -3.81. The Morgan fingerprint density at radius 1 is 0.944 bits per heavy atom. The van der Waals surface area contributed by atoms with Gasteiger partial charge < -0.3 is 15.0 Å². The van der Waals surface area contributed by atoms with E-state index in [4.69, 9.17) is 4.74 Å². The third kappa shape index (κ3) is 7.10. The second-order valence-corrected chi connectivity index (χ2v) is 8.83. The summed E-state index contributed by atoms with van der Waals surface area (Å²) in [7, 11) is 0. The van der Waals surface area contributed by atoms with Crippen molar-refractivity contribution in [3.8, 4) is 11.1 Å². The van der Waals surface area contributed by atoms with Crippen molar-refractivity contribution in [2.45, 2.75) is 18.9 Å². The van der Waals surface area contributed by atoms with Crippen LogP contribution in [0.2, 0.25) is 0 Å². The second-order valence-electron chi connectivity index (χ2n) is 8.83. The zero-order chi connectivity index (χ0) is 25.2. The van der Waals surface area contributed by atoms with E-state index in [2.05, 4.69) is 15.5 Å². The maximum atomic E-state index is 12.6. The summed E-state index contributed by atoms with van der Waals surface area (Å²) in [5, 5.41) is 6.09. The number of hydrogen-bond donors (Lipinski definition) is 2. The molecule has 2 N–H and O–H groups in total. The van der Waals surface area contributed by atoms with E-state index in [0.29, 0.717) is 17.7 Å². The van der Waals surface area contributed by atoms with Gasteiger partial charge in [-0.3, -0.25) is 14.9 Å².